The first-order valence-corrected chi connectivity index (χ1v) is 10.5. The minimum Gasteiger partial charge on any atom is -0.383 e. The van der Waals surface area contributed by atoms with Crippen LogP contribution in [0.2, 0.25) is 0 Å². The van der Waals surface area contributed by atoms with E-state index in [1.54, 1.807) is 26.4 Å². The van der Waals surface area contributed by atoms with E-state index in [0.717, 1.165) is 11.1 Å². The Balaban J connectivity index is 2.06. The van der Waals surface area contributed by atoms with E-state index in [9.17, 15) is 14.0 Å². The lowest BCUT2D eigenvalue weighted by molar-refractivity contribution is -0.138. The molecule has 0 bridgehead atoms. The Morgan fingerprint density at radius 2 is 1.50 bits per heavy atom. The molecule has 1 heterocycles. The second-order valence-electron chi connectivity index (χ2n) is 7.82. The fourth-order valence-corrected chi connectivity index (χ4v) is 3.67. The summed E-state index contributed by atoms with van der Waals surface area (Å²) in [6, 6.07) is 11.6. The standard InChI is InChI=1S/C25H29FN2O4/c1-17-5-8-20(15-18(17)2)22-23(27(11-13-31-3)12-14-32-4)25(30)28(24(22)29)16-19-6-9-21(26)10-7-19/h5-10,15H,11-14,16H2,1-4H3. The lowest BCUT2D eigenvalue weighted by Crippen LogP contribution is -2.37. The van der Waals surface area contributed by atoms with Crippen LogP contribution < -0.4 is 0 Å². The highest BCUT2D eigenvalue weighted by atomic mass is 19.1. The zero-order chi connectivity index (χ0) is 23.3. The summed E-state index contributed by atoms with van der Waals surface area (Å²) in [5.41, 5.74) is 4.22. The van der Waals surface area contributed by atoms with Crippen molar-refractivity contribution in [2.75, 3.05) is 40.5 Å². The number of hydrogen-bond acceptors (Lipinski definition) is 5. The summed E-state index contributed by atoms with van der Waals surface area (Å²) in [6.45, 7) is 5.71. The number of carbonyl (C=O) groups excluding carboxylic acids is 2. The van der Waals surface area contributed by atoms with E-state index in [0.29, 0.717) is 48.7 Å². The van der Waals surface area contributed by atoms with E-state index in [4.69, 9.17) is 9.47 Å². The molecular weight excluding hydrogens is 411 g/mol. The van der Waals surface area contributed by atoms with Crippen LogP contribution in [0.15, 0.2) is 48.2 Å². The van der Waals surface area contributed by atoms with Gasteiger partial charge in [-0.3, -0.25) is 14.5 Å². The molecule has 0 atom stereocenters. The lowest BCUT2D eigenvalue weighted by atomic mass is 9.99. The normalized spacial score (nSPS) is 14.0. The van der Waals surface area contributed by atoms with Gasteiger partial charge in [-0.1, -0.05) is 30.3 Å². The summed E-state index contributed by atoms with van der Waals surface area (Å²) in [6.07, 6.45) is 0. The molecule has 0 saturated carbocycles. The molecule has 2 amide bonds. The second-order valence-corrected chi connectivity index (χ2v) is 7.82. The van der Waals surface area contributed by atoms with Crippen molar-refractivity contribution in [1.82, 2.24) is 9.80 Å². The van der Waals surface area contributed by atoms with Gasteiger partial charge in [0.2, 0.25) is 0 Å². The van der Waals surface area contributed by atoms with Gasteiger partial charge in [0.25, 0.3) is 11.8 Å². The van der Waals surface area contributed by atoms with Gasteiger partial charge in [-0.15, -0.1) is 0 Å². The summed E-state index contributed by atoms with van der Waals surface area (Å²) in [5, 5.41) is 0. The predicted molar refractivity (Wildman–Crippen MR) is 120 cm³/mol. The minimum absolute atomic E-state index is 0.0676. The molecule has 0 radical (unpaired) electrons. The Morgan fingerprint density at radius 3 is 2.06 bits per heavy atom. The molecular formula is C25H29FN2O4. The van der Waals surface area contributed by atoms with Gasteiger partial charge in [-0.2, -0.15) is 0 Å². The van der Waals surface area contributed by atoms with Crippen molar-refractivity contribution < 1.29 is 23.5 Å². The van der Waals surface area contributed by atoms with E-state index in [2.05, 4.69) is 0 Å². The van der Waals surface area contributed by atoms with Crippen molar-refractivity contribution in [2.24, 2.45) is 0 Å². The first-order chi connectivity index (χ1) is 15.4. The zero-order valence-electron chi connectivity index (χ0n) is 19.0. The third kappa shape index (κ3) is 5.06. The number of methoxy groups -OCH3 is 2. The molecule has 2 aromatic rings. The fourth-order valence-electron chi connectivity index (χ4n) is 3.67. The molecule has 32 heavy (non-hydrogen) atoms. The Hall–Kier alpha value is -3.03. The Labute approximate surface area is 188 Å². The van der Waals surface area contributed by atoms with E-state index in [-0.39, 0.29) is 24.2 Å². The number of halogens is 1. The number of hydrogen-bond donors (Lipinski definition) is 0. The molecule has 1 aliphatic heterocycles. The highest BCUT2D eigenvalue weighted by molar-refractivity contribution is 6.35. The average Bonchev–Trinajstić information content (AvgIpc) is 3.02. The van der Waals surface area contributed by atoms with Crippen LogP contribution in [-0.2, 0) is 25.6 Å². The first-order valence-electron chi connectivity index (χ1n) is 10.5. The van der Waals surface area contributed by atoms with Crippen LogP contribution in [0.5, 0.6) is 0 Å². The van der Waals surface area contributed by atoms with Gasteiger partial charge >= 0.3 is 0 Å². The number of ether oxygens (including phenoxy) is 2. The molecule has 6 nitrogen and oxygen atoms in total. The van der Waals surface area contributed by atoms with Gasteiger partial charge < -0.3 is 14.4 Å². The quantitative estimate of drug-likeness (QED) is 0.531. The van der Waals surface area contributed by atoms with Crippen LogP contribution in [0, 0.1) is 19.7 Å². The Kier molecular flexibility index (Phi) is 7.77. The molecule has 170 valence electrons. The largest absolute Gasteiger partial charge is 0.383 e. The van der Waals surface area contributed by atoms with E-state index >= 15 is 0 Å². The number of carbonyl (C=O) groups is 2. The van der Waals surface area contributed by atoms with E-state index in [1.165, 1.54) is 17.0 Å². The summed E-state index contributed by atoms with van der Waals surface area (Å²) in [7, 11) is 3.19. The van der Waals surface area contributed by atoms with Crippen molar-refractivity contribution in [3.8, 4) is 0 Å². The Morgan fingerprint density at radius 1 is 0.875 bits per heavy atom. The van der Waals surface area contributed by atoms with Crippen molar-refractivity contribution in [3.05, 3.63) is 76.2 Å². The molecule has 3 rings (SSSR count). The van der Waals surface area contributed by atoms with Gasteiger partial charge in [0.1, 0.15) is 11.5 Å². The maximum atomic E-state index is 13.5. The van der Waals surface area contributed by atoms with E-state index < -0.39 is 0 Å². The van der Waals surface area contributed by atoms with Gasteiger partial charge in [0.15, 0.2) is 0 Å². The third-order valence-electron chi connectivity index (χ3n) is 5.64. The Bertz CT molecular complexity index is 1010. The molecule has 0 spiro atoms. The van der Waals surface area contributed by atoms with Crippen LogP contribution in [0.25, 0.3) is 5.57 Å². The summed E-state index contributed by atoms with van der Waals surface area (Å²) < 4.78 is 23.8. The number of imide groups is 1. The molecule has 0 aliphatic carbocycles. The lowest BCUT2D eigenvalue weighted by Gasteiger charge is -2.25. The van der Waals surface area contributed by atoms with E-state index in [1.807, 2.05) is 36.9 Å². The SMILES string of the molecule is COCCN(CCOC)C1=C(c2ccc(C)c(C)c2)C(=O)N(Cc2ccc(F)cc2)C1=O. The summed E-state index contributed by atoms with van der Waals surface area (Å²) in [5.74, 6) is -1.11. The number of aryl methyl sites for hydroxylation is 2. The molecule has 0 N–H and O–H groups in total. The van der Waals surface area contributed by atoms with Crippen molar-refractivity contribution in [1.29, 1.82) is 0 Å². The number of benzene rings is 2. The molecule has 7 heteroatoms. The predicted octanol–water partition coefficient (Wildman–Crippen LogP) is 3.32. The smallest absolute Gasteiger partial charge is 0.278 e. The molecule has 2 aromatic carbocycles. The van der Waals surface area contributed by atoms with Crippen molar-refractivity contribution in [3.63, 3.8) is 0 Å². The maximum absolute atomic E-state index is 13.5. The van der Waals surface area contributed by atoms with Crippen molar-refractivity contribution in [2.45, 2.75) is 20.4 Å². The topological polar surface area (TPSA) is 59.1 Å². The molecule has 0 unspecified atom stereocenters. The highest BCUT2D eigenvalue weighted by Gasteiger charge is 2.41. The van der Waals surface area contributed by atoms with Crippen LogP contribution in [0.4, 0.5) is 4.39 Å². The van der Waals surface area contributed by atoms with Gasteiger partial charge in [-0.05, 0) is 48.2 Å². The second kappa shape index (κ2) is 10.5. The summed E-state index contributed by atoms with van der Waals surface area (Å²) in [4.78, 5) is 30.1. The first kappa shape index (κ1) is 23.6. The van der Waals surface area contributed by atoms with Crippen molar-refractivity contribution >= 4 is 17.4 Å². The van der Waals surface area contributed by atoms with Crippen LogP contribution in [0.1, 0.15) is 22.3 Å². The zero-order valence-corrected chi connectivity index (χ0v) is 19.0. The van der Waals surface area contributed by atoms with Crippen LogP contribution in [0.3, 0.4) is 0 Å². The maximum Gasteiger partial charge on any atom is 0.278 e. The average molecular weight is 441 g/mol. The van der Waals surface area contributed by atoms with Gasteiger partial charge in [0.05, 0.1) is 25.3 Å². The molecule has 0 aromatic heterocycles. The van der Waals surface area contributed by atoms with Gasteiger partial charge in [0, 0.05) is 27.3 Å². The number of nitrogens with zero attached hydrogens (tertiary/aromatic N) is 2. The molecule has 0 saturated heterocycles. The molecule has 0 fully saturated rings. The highest BCUT2D eigenvalue weighted by Crippen LogP contribution is 2.33. The molecule has 1 aliphatic rings. The summed E-state index contributed by atoms with van der Waals surface area (Å²) >= 11 is 0. The number of amides is 2. The number of rotatable bonds is 10. The van der Waals surface area contributed by atoms with Crippen LogP contribution in [-0.4, -0.2) is 62.1 Å². The fraction of sp³-hybridized carbons (Fsp3) is 0.360. The monoisotopic (exact) mass is 440 g/mol. The van der Waals surface area contributed by atoms with Gasteiger partial charge in [-0.25, -0.2) is 4.39 Å². The minimum atomic E-state index is -0.375. The van der Waals surface area contributed by atoms with Crippen LogP contribution >= 0.6 is 0 Å². The third-order valence-corrected chi connectivity index (χ3v) is 5.64.